The Morgan fingerprint density at radius 2 is 1.79 bits per heavy atom. The van der Waals surface area contributed by atoms with E-state index in [1.54, 1.807) is 14.0 Å². The summed E-state index contributed by atoms with van der Waals surface area (Å²) in [6, 6.07) is 12.6. The summed E-state index contributed by atoms with van der Waals surface area (Å²) in [6.07, 6.45) is 2.05. The maximum absolute atomic E-state index is 14.2. The number of urea groups is 1. The zero-order chi connectivity index (χ0) is 38.1. The highest BCUT2D eigenvalue weighted by atomic mass is 32.2. The van der Waals surface area contributed by atoms with Crippen LogP contribution in [0, 0.1) is 12.8 Å². The first-order chi connectivity index (χ1) is 24.5. The number of benzene rings is 2. The van der Waals surface area contributed by atoms with E-state index in [0.717, 1.165) is 35.5 Å². The average molecular weight is 757 g/mol. The molecule has 13 nitrogen and oxygen atoms in total. The number of amides is 3. The second kappa shape index (κ2) is 18.2. The Kier molecular flexibility index (Phi) is 14.3. The molecule has 0 saturated heterocycles. The Balaban J connectivity index is 1.60. The molecule has 4 atom stereocenters. The van der Waals surface area contributed by atoms with Crippen molar-refractivity contribution >= 4 is 39.5 Å². The van der Waals surface area contributed by atoms with E-state index in [9.17, 15) is 23.1 Å². The molecule has 4 N–H and O–H groups in total. The molecule has 52 heavy (non-hydrogen) atoms. The van der Waals surface area contributed by atoms with E-state index in [0.29, 0.717) is 5.56 Å². The number of ether oxygens (including phenoxy) is 1. The van der Waals surface area contributed by atoms with Crippen molar-refractivity contribution in [2.24, 2.45) is 11.1 Å². The number of sulfonamides is 1. The Hall–Kier alpha value is -3.89. The van der Waals surface area contributed by atoms with Gasteiger partial charge in [0.25, 0.3) is 0 Å². The van der Waals surface area contributed by atoms with Crippen molar-refractivity contribution in [3.8, 4) is 0 Å². The number of oxime groups is 1. The molecule has 284 valence electrons. The number of hydrogen-bond donors (Lipinski definition) is 4. The van der Waals surface area contributed by atoms with Crippen molar-refractivity contribution in [3.63, 3.8) is 0 Å². The predicted molar refractivity (Wildman–Crippen MR) is 201 cm³/mol. The molecule has 1 aromatic heterocycles. The molecule has 0 spiro atoms. The highest BCUT2D eigenvalue weighted by Crippen LogP contribution is 2.30. The minimum atomic E-state index is -4.07. The van der Waals surface area contributed by atoms with E-state index in [2.05, 4.69) is 20.8 Å². The second-order valence-corrected chi connectivity index (χ2v) is 17.4. The Morgan fingerprint density at radius 1 is 1.12 bits per heavy atom. The Bertz CT molecular complexity index is 1740. The summed E-state index contributed by atoms with van der Waals surface area (Å²) >= 11 is 1.48. The zero-order valence-electron chi connectivity index (χ0n) is 30.7. The molecule has 4 rings (SSSR count). The first-order valence-corrected chi connectivity index (χ1v) is 19.8. The summed E-state index contributed by atoms with van der Waals surface area (Å²) in [7, 11) is -2.45. The fourth-order valence-electron chi connectivity index (χ4n) is 6.00. The van der Waals surface area contributed by atoms with E-state index in [-0.39, 0.29) is 36.9 Å². The van der Waals surface area contributed by atoms with Gasteiger partial charge in [-0.25, -0.2) is 18.2 Å². The van der Waals surface area contributed by atoms with Gasteiger partial charge in [0.15, 0.2) is 0 Å². The van der Waals surface area contributed by atoms with E-state index in [1.165, 1.54) is 51.0 Å². The van der Waals surface area contributed by atoms with E-state index >= 15 is 0 Å². The maximum atomic E-state index is 14.2. The summed E-state index contributed by atoms with van der Waals surface area (Å²) in [5.41, 5.74) is 1.42. The summed E-state index contributed by atoms with van der Waals surface area (Å²) in [5, 5.41) is 32.3. The molecule has 0 bridgehead atoms. The monoisotopic (exact) mass is 756 g/mol. The van der Waals surface area contributed by atoms with Crippen LogP contribution < -0.4 is 10.6 Å². The quantitative estimate of drug-likeness (QED) is 0.0882. The van der Waals surface area contributed by atoms with E-state index in [4.69, 9.17) is 9.94 Å². The lowest BCUT2D eigenvalue weighted by Gasteiger charge is -2.36. The van der Waals surface area contributed by atoms with Gasteiger partial charge in [-0.15, -0.1) is 11.3 Å². The molecular weight excluding hydrogens is 705 g/mol. The van der Waals surface area contributed by atoms with Crippen molar-refractivity contribution in [1.82, 2.24) is 24.8 Å². The Morgan fingerprint density at radius 3 is 2.35 bits per heavy atom. The number of carbonyl (C=O) groups excluding carboxylic acids is 2. The molecule has 0 radical (unpaired) electrons. The fourth-order valence-corrected chi connectivity index (χ4v) is 8.13. The summed E-state index contributed by atoms with van der Waals surface area (Å²) in [5.74, 6) is -0.442. The summed E-state index contributed by atoms with van der Waals surface area (Å²) in [4.78, 5) is 33.6. The van der Waals surface area contributed by atoms with Crippen LogP contribution in [0.3, 0.4) is 0 Å². The molecule has 15 heteroatoms. The molecule has 1 aliphatic carbocycles. The molecule has 0 aliphatic heterocycles. The number of thiazole rings is 1. The van der Waals surface area contributed by atoms with E-state index in [1.807, 2.05) is 63.4 Å². The Labute approximate surface area is 311 Å². The zero-order valence-corrected chi connectivity index (χ0v) is 32.4. The normalized spacial score (nSPS) is 16.2. The number of nitrogens with zero attached hydrogens (tertiary/aromatic N) is 4. The van der Waals surface area contributed by atoms with Crippen LogP contribution >= 0.6 is 11.3 Å². The number of aryl methyl sites for hydroxylation is 1. The lowest BCUT2D eigenvalue weighted by Crippen LogP contribution is -2.60. The molecule has 2 aromatic carbocycles. The van der Waals surface area contributed by atoms with Crippen LogP contribution in [0.15, 0.2) is 70.0 Å². The van der Waals surface area contributed by atoms with Crippen molar-refractivity contribution in [1.29, 1.82) is 0 Å². The minimum Gasteiger partial charge on any atom is -0.411 e. The van der Waals surface area contributed by atoms with Gasteiger partial charge in [0.1, 0.15) is 6.04 Å². The predicted octanol–water partition coefficient (Wildman–Crippen LogP) is 4.55. The van der Waals surface area contributed by atoms with E-state index < -0.39 is 51.9 Å². The van der Waals surface area contributed by atoms with Gasteiger partial charge in [0, 0.05) is 25.5 Å². The summed E-state index contributed by atoms with van der Waals surface area (Å²) < 4.78 is 35.5. The second-order valence-electron chi connectivity index (χ2n) is 14.4. The highest BCUT2D eigenvalue weighted by Gasteiger charge is 2.37. The molecule has 1 saturated carbocycles. The van der Waals surface area contributed by atoms with Gasteiger partial charge in [-0.3, -0.25) is 4.79 Å². The van der Waals surface area contributed by atoms with Gasteiger partial charge >= 0.3 is 6.03 Å². The van der Waals surface area contributed by atoms with Crippen molar-refractivity contribution in [3.05, 3.63) is 81.8 Å². The largest absolute Gasteiger partial charge is 0.411 e. The van der Waals surface area contributed by atoms with Gasteiger partial charge in [0.2, 0.25) is 15.9 Å². The first kappa shape index (κ1) is 40.9. The number of hydrogen-bond acceptors (Lipinski definition) is 10. The summed E-state index contributed by atoms with van der Waals surface area (Å²) in [6.45, 7) is 9.31. The first-order valence-electron chi connectivity index (χ1n) is 17.5. The number of aliphatic hydroxyl groups is 1. The lowest BCUT2D eigenvalue weighted by atomic mass is 9.85. The number of nitrogens with one attached hydrogen (secondary N) is 2. The van der Waals surface area contributed by atoms with Crippen LogP contribution in [-0.4, -0.2) is 101 Å². The number of carbonyl (C=O) groups is 2. The standard InChI is InChI=1S/C37H52N6O7S2/c1-25(50-37(3,4)5)34(41-36(46)42(6)22-30-24-51-26(2)39-30)35(45)40-32(19-27-11-8-7-9-12-27)33(44)23-43(21-29-13-10-14-29)52(48,49)31-17-15-28(16-18-31)20-38-47/h7-9,11-12,15-18,20,24-25,29,32-34,44,47H,10,13-14,19,21-23H2,1-6H3,(H,40,45)(H,41,46)/b38-20+/t25-,32-,33+,34-/m0/s1. The smallest absolute Gasteiger partial charge is 0.318 e. The van der Waals surface area contributed by atoms with Gasteiger partial charge < -0.3 is 30.6 Å². The number of rotatable bonds is 17. The van der Waals surface area contributed by atoms with Crippen LogP contribution in [0.2, 0.25) is 0 Å². The van der Waals surface area contributed by atoms with Crippen LogP contribution in [0.1, 0.15) is 68.8 Å². The molecule has 0 unspecified atom stereocenters. The third-order valence-electron chi connectivity index (χ3n) is 8.88. The SMILES string of the molecule is Cc1nc(CN(C)C(=O)N[C@H](C(=O)N[C@@H](Cc2ccccc2)[C@H](O)CN(CC2CCC2)S(=O)(=O)c2ccc(/C=N/O)cc2)[C@H](C)OC(C)(C)C)cs1. The molecule has 3 aromatic rings. The topological polar surface area (TPSA) is 174 Å². The maximum Gasteiger partial charge on any atom is 0.318 e. The van der Waals surface area contributed by atoms with Crippen LogP contribution in [0.5, 0.6) is 0 Å². The third-order valence-corrected chi connectivity index (χ3v) is 11.5. The van der Waals surface area contributed by atoms with Crippen LogP contribution in [0.25, 0.3) is 0 Å². The lowest BCUT2D eigenvalue weighted by molar-refractivity contribution is -0.132. The van der Waals surface area contributed by atoms with Crippen LogP contribution in [-0.2, 0) is 32.5 Å². The van der Waals surface area contributed by atoms with Gasteiger partial charge in [0.05, 0.1) is 52.2 Å². The van der Waals surface area contributed by atoms with Gasteiger partial charge in [-0.2, -0.15) is 4.31 Å². The van der Waals surface area contributed by atoms with Crippen LogP contribution in [0.4, 0.5) is 4.79 Å². The molecule has 1 heterocycles. The average Bonchev–Trinajstić information content (AvgIpc) is 3.47. The van der Waals surface area contributed by atoms with Gasteiger partial charge in [-0.05, 0) is 83.1 Å². The highest BCUT2D eigenvalue weighted by molar-refractivity contribution is 7.89. The molecular formula is C37H52N6O7S2. The minimum absolute atomic E-state index is 0.0330. The molecule has 1 aliphatic rings. The van der Waals surface area contributed by atoms with Crippen molar-refractivity contribution in [2.45, 2.75) is 102 Å². The van der Waals surface area contributed by atoms with Crippen molar-refractivity contribution in [2.75, 3.05) is 20.1 Å². The fraction of sp³-hybridized carbons (Fsp3) is 0.514. The number of aromatic nitrogens is 1. The third kappa shape index (κ3) is 11.8. The number of aliphatic hydroxyl groups excluding tert-OH is 1. The van der Waals surface area contributed by atoms with Gasteiger partial charge in [-0.1, -0.05) is 54.0 Å². The molecule has 3 amide bonds. The van der Waals surface area contributed by atoms with Crippen molar-refractivity contribution < 1.29 is 33.1 Å². The molecule has 1 fully saturated rings.